The van der Waals surface area contributed by atoms with Gasteiger partial charge in [-0.05, 0) is 0 Å². The fraction of sp³-hybridized carbons (Fsp3) is 0. The van der Waals surface area contributed by atoms with Crippen molar-refractivity contribution in [2.24, 2.45) is 5.73 Å². The second-order valence-electron chi connectivity index (χ2n) is 2.75. The van der Waals surface area contributed by atoms with Gasteiger partial charge in [-0.3, -0.25) is 4.79 Å². The van der Waals surface area contributed by atoms with Crippen LogP contribution in [0.25, 0.3) is 5.82 Å². The zero-order valence-electron chi connectivity index (χ0n) is 7.83. The Morgan fingerprint density at radius 3 is 2.50 bits per heavy atom. The van der Waals surface area contributed by atoms with Crippen LogP contribution in [0.15, 0.2) is 12.4 Å². The molecular weight excluding hydrogens is 234 g/mol. The number of nitrogens with zero attached hydrogens (tertiary/aromatic N) is 5. The van der Waals surface area contributed by atoms with E-state index in [-0.39, 0.29) is 22.5 Å². The van der Waals surface area contributed by atoms with Crippen LogP contribution in [0, 0.1) is 0 Å². The number of primary amides is 1. The second-order valence-corrected chi connectivity index (χ2v) is 3.11. The van der Waals surface area contributed by atoms with E-state index in [0.29, 0.717) is 0 Å². The first-order valence-electron chi connectivity index (χ1n) is 4.09. The molecule has 82 valence electrons. The maximum atomic E-state index is 10.9. The zero-order valence-corrected chi connectivity index (χ0v) is 8.59. The standard InChI is InChI=1S/C7H6ClN7O/c8-4-7(15-11-1-2-12-15)14-5(9)3(13-4)6(10)16/h1-2H,(H2,9,14)(H2,10,16). The molecule has 9 heteroatoms. The van der Waals surface area contributed by atoms with Crippen molar-refractivity contribution in [2.45, 2.75) is 0 Å². The van der Waals surface area contributed by atoms with Crippen LogP contribution in [-0.2, 0) is 0 Å². The Hall–Kier alpha value is -2.22. The summed E-state index contributed by atoms with van der Waals surface area (Å²) in [6, 6.07) is 0. The van der Waals surface area contributed by atoms with E-state index in [1.54, 1.807) is 0 Å². The molecule has 2 rings (SSSR count). The van der Waals surface area contributed by atoms with Crippen molar-refractivity contribution in [1.82, 2.24) is 25.0 Å². The molecular formula is C7H6ClN7O. The van der Waals surface area contributed by atoms with Crippen LogP contribution in [-0.4, -0.2) is 30.9 Å². The quantitative estimate of drug-likeness (QED) is 0.720. The van der Waals surface area contributed by atoms with Gasteiger partial charge in [-0.1, -0.05) is 11.6 Å². The molecule has 4 N–H and O–H groups in total. The number of hydrogen-bond acceptors (Lipinski definition) is 6. The van der Waals surface area contributed by atoms with Gasteiger partial charge in [0.2, 0.25) is 5.82 Å². The minimum absolute atomic E-state index is 0.0563. The maximum Gasteiger partial charge on any atom is 0.271 e. The smallest absolute Gasteiger partial charge is 0.271 e. The SMILES string of the molecule is NC(=O)c1nc(Cl)c(-n2nccn2)nc1N. The van der Waals surface area contributed by atoms with Gasteiger partial charge in [-0.25, -0.2) is 9.97 Å². The molecule has 0 unspecified atom stereocenters. The van der Waals surface area contributed by atoms with E-state index >= 15 is 0 Å². The number of carbonyl (C=O) groups excluding carboxylic acids is 1. The average Bonchev–Trinajstić information content (AvgIpc) is 2.73. The molecule has 0 aromatic carbocycles. The highest BCUT2D eigenvalue weighted by Gasteiger charge is 2.16. The number of halogens is 1. The fourth-order valence-corrected chi connectivity index (χ4v) is 1.25. The van der Waals surface area contributed by atoms with Gasteiger partial charge in [0.1, 0.15) is 0 Å². The van der Waals surface area contributed by atoms with E-state index in [2.05, 4.69) is 20.2 Å². The highest BCUT2D eigenvalue weighted by atomic mass is 35.5. The molecule has 0 fully saturated rings. The normalized spacial score (nSPS) is 10.3. The Kier molecular flexibility index (Phi) is 2.41. The molecule has 0 aliphatic carbocycles. The van der Waals surface area contributed by atoms with Crippen LogP contribution in [0.1, 0.15) is 10.5 Å². The molecule has 2 aromatic heterocycles. The minimum atomic E-state index is -0.799. The van der Waals surface area contributed by atoms with Crippen LogP contribution in [0.4, 0.5) is 5.82 Å². The summed E-state index contributed by atoms with van der Waals surface area (Å²) in [5.74, 6) is -0.787. The number of amides is 1. The third-order valence-corrected chi connectivity index (χ3v) is 1.96. The minimum Gasteiger partial charge on any atom is -0.382 e. The van der Waals surface area contributed by atoms with Gasteiger partial charge in [-0.15, -0.1) is 4.80 Å². The number of hydrogen-bond donors (Lipinski definition) is 2. The van der Waals surface area contributed by atoms with E-state index in [0.717, 1.165) is 4.80 Å². The fourth-order valence-electron chi connectivity index (χ4n) is 1.05. The van der Waals surface area contributed by atoms with Gasteiger partial charge in [0.15, 0.2) is 16.7 Å². The molecule has 16 heavy (non-hydrogen) atoms. The Balaban J connectivity index is 2.59. The number of carbonyl (C=O) groups is 1. The summed E-state index contributed by atoms with van der Waals surface area (Å²) in [6.07, 6.45) is 2.88. The van der Waals surface area contributed by atoms with Crippen molar-refractivity contribution in [3.63, 3.8) is 0 Å². The molecule has 0 saturated carbocycles. The van der Waals surface area contributed by atoms with E-state index in [1.165, 1.54) is 12.4 Å². The van der Waals surface area contributed by atoms with Gasteiger partial charge in [0.25, 0.3) is 5.91 Å². The van der Waals surface area contributed by atoms with Crippen molar-refractivity contribution < 1.29 is 4.79 Å². The van der Waals surface area contributed by atoms with E-state index in [9.17, 15) is 4.79 Å². The number of nitrogen functional groups attached to an aromatic ring is 1. The lowest BCUT2D eigenvalue weighted by molar-refractivity contribution is 0.0996. The molecule has 2 heterocycles. The molecule has 0 radical (unpaired) electrons. The highest BCUT2D eigenvalue weighted by Crippen LogP contribution is 2.17. The number of nitrogens with two attached hydrogens (primary N) is 2. The molecule has 0 atom stereocenters. The lowest BCUT2D eigenvalue weighted by Crippen LogP contribution is -2.18. The van der Waals surface area contributed by atoms with Gasteiger partial charge in [0, 0.05) is 0 Å². The molecule has 0 aliphatic rings. The van der Waals surface area contributed by atoms with Crippen molar-refractivity contribution >= 4 is 23.3 Å². The predicted octanol–water partition coefficient (Wildman–Crippen LogP) is -0.608. The van der Waals surface area contributed by atoms with Gasteiger partial charge >= 0.3 is 0 Å². The van der Waals surface area contributed by atoms with E-state index in [4.69, 9.17) is 23.1 Å². The van der Waals surface area contributed by atoms with Crippen LogP contribution >= 0.6 is 11.6 Å². The first kappa shape index (κ1) is 10.3. The van der Waals surface area contributed by atoms with Crippen molar-refractivity contribution in [3.8, 4) is 5.82 Å². The summed E-state index contributed by atoms with van der Waals surface area (Å²) in [5, 5.41) is 7.56. The first-order valence-corrected chi connectivity index (χ1v) is 4.47. The summed E-state index contributed by atoms with van der Waals surface area (Å²) in [6.45, 7) is 0. The van der Waals surface area contributed by atoms with Crippen molar-refractivity contribution in [1.29, 1.82) is 0 Å². The molecule has 0 saturated heterocycles. The third-order valence-electron chi connectivity index (χ3n) is 1.71. The summed E-state index contributed by atoms with van der Waals surface area (Å²) < 4.78 is 0. The summed E-state index contributed by atoms with van der Waals surface area (Å²) in [4.78, 5) is 19.6. The highest BCUT2D eigenvalue weighted by molar-refractivity contribution is 6.31. The summed E-state index contributed by atoms with van der Waals surface area (Å²) in [7, 11) is 0. The van der Waals surface area contributed by atoms with Gasteiger partial charge < -0.3 is 11.5 Å². The maximum absolute atomic E-state index is 10.9. The van der Waals surface area contributed by atoms with Gasteiger partial charge in [-0.2, -0.15) is 10.2 Å². The molecule has 1 amide bonds. The third kappa shape index (κ3) is 1.65. The Bertz CT molecular complexity index is 538. The van der Waals surface area contributed by atoms with Crippen LogP contribution in [0.3, 0.4) is 0 Å². The van der Waals surface area contributed by atoms with Crippen LogP contribution in [0.5, 0.6) is 0 Å². The molecule has 0 spiro atoms. The Morgan fingerprint density at radius 2 is 1.94 bits per heavy atom. The lowest BCUT2D eigenvalue weighted by Gasteiger charge is -2.04. The molecule has 0 aliphatic heterocycles. The number of anilines is 1. The van der Waals surface area contributed by atoms with Crippen LogP contribution in [0.2, 0.25) is 5.15 Å². The topological polar surface area (TPSA) is 126 Å². The molecule has 0 bridgehead atoms. The molecule has 2 aromatic rings. The van der Waals surface area contributed by atoms with Crippen molar-refractivity contribution in [3.05, 3.63) is 23.2 Å². The lowest BCUT2D eigenvalue weighted by atomic mass is 10.4. The Morgan fingerprint density at radius 1 is 1.31 bits per heavy atom. The zero-order chi connectivity index (χ0) is 11.7. The Labute approximate surface area is 94.2 Å². The molecule has 8 nitrogen and oxygen atoms in total. The second kappa shape index (κ2) is 3.74. The monoisotopic (exact) mass is 239 g/mol. The number of rotatable bonds is 2. The summed E-state index contributed by atoms with van der Waals surface area (Å²) >= 11 is 5.80. The number of aromatic nitrogens is 5. The first-order chi connectivity index (χ1) is 7.59. The van der Waals surface area contributed by atoms with Gasteiger partial charge in [0.05, 0.1) is 12.4 Å². The van der Waals surface area contributed by atoms with E-state index in [1.807, 2.05) is 0 Å². The van der Waals surface area contributed by atoms with E-state index < -0.39 is 5.91 Å². The summed E-state index contributed by atoms with van der Waals surface area (Å²) in [5.41, 5.74) is 10.3. The van der Waals surface area contributed by atoms with Crippen LogP contribution < -0.4 is 11.5 Å². The van der Waals surface area contributed by atoms with Crippen molar-refractivity contribution in [2.75, 3.05) is 5.73 Å². The average molecular weight is 240 g/mol. The largest absolute Gasteiger partial charge is 0.382 e. The predicted molar refractivity (Wildman–Crippen MR) is 54.9 cm³/mol.